The maximum Gasteiger partial charge on any atom is 0.264 e. The lowest BCUT2D eigenvalue weighted by Gasteiger charge is -2.26. The van der Waals surface area contributed by atoms with Crippen molar-refractivity contribution in [2.75, 3.05) is 4.90 Å². The first-order valence-corrected chi connectivity index (χ1v) is 10.3. The van der Waals surface area contributed by atoms with Crippen molar-refractivity contribution in [3.8, 4) is 0 Å². The van der Waals surface area contributed by atoms with Gasteiger partial charge in [0.05, 0.1) is 23.5 Å². The minimum atomic E-state index is -0.894. The first-order chi connectivity index (χ1) is 13.5. The van der Waals surface area contributed by atoms with Gasteiger partial charge in [0.25, 0.3) is 11.8 Å². The van der Waals surface area contributed by atoms with Crippen molar-refractivity contribution in [3.05, 3.63) is 74.9 Å². The zero-order valence-electron chi connectivity index (χ0n) is 14.6. The molecule has 1 aliphatic heterocycles. The molecule has 3 heterocycles. The molecule has 1 aliphatic rings. The van der Waals surface area contributed by atoms with Crippen molar-refractivity contribution in [2.24, 2.45) is 0 Å². The van der Waals surface area contributed by atoms with Crippen LogP contribution in [-0.4, -0.2) is 28.7 Å². The summed E-state index contributed by atoms with van der Waals surface area (Å²) in [5.41, 5.74) is 0.304. The maximum absolute atomic E-state index is 13.2. The van der Waals surface area contributed by atoms with Gasteiger partial charge in [0.2, 0.25) is 5.91 Å². The van der Waals surface area contributed by atoms with Crippen LogP contribution < -0.4 is 4.90 Å². The fraction of sp³-hybridized carbons (Fsp3) is 0.150. The van der Waals surface area contributed by atoms with Crippen LogP contribution in [0.5, 0.6) is 0 Å². The van der Waals surface area contributed by atoms with Crippen molar-refractivity contribution in [2.45, 2.75) is 19.0 Å². The average Bonchev–Trinajstić information content (AvgIpc) is 3.43. The Labute approximate surface area is 168 Å². The molecule has 4 rings (SSSR count). The molecule has 0 saturated carbocycles. The zero-order valence-corrected chi connectivity index (χ0v) is 16.2. The second-order valence-corrected chi connectivity index (χ2v) is 8.23. The zero-order chi connectivity index (χ0) is 19.7. The fourth-order valence-electron chi connectivity index (χ4n) is 3.16. The lowest BCUT2D eigenvalue weighted by Crippen LogP contribution is -2.44. The number of carbonyl (C=O) groups is 3. The quantitative estimate of drug-likeness (QED) is 0.595. The van der Waals surface area contributed by atoms with E-state index >= 15 is 0 Å². The minimum absolute atomic E-state index is 0.0985. The van der Waals surface area contributed by atoms with Gasteiger partial charge in [0.1, 0.15) is 11.9 Å². The molecular weight excluding hydrogens is 399 g/mol. The monoisotopic (exact) mass is 414 g/mol. The minimum Gasteiger partial charge on any atom is -0.320 e. The highest BCUT2D eigenvalue weighted by atomic mass is 32.1. The normalized spacial score (nSPS) is 16.6. The molecule has 28 heavy (non-hydrogen) atoms. The summed E-state index contributed by atoms with van der Waals surface area (Å²) in [5.74, 6) is -1.61. The Bertz CT molecular complexity index is 1000. The summed E-state index contributed by atoms with van der Waals surface area (Å²) in [6.45, 7) is 0.245. The smallest absolute Gasteiger partial charge is 0.264 e. The lowest BCUT2D eigenvalue weighted by atomic mass is 10.2. The number of benzene rings is 1. The number of imide groups is 1. The third-order valence-corrected chi connectivity index (χ3v) is 6.20. The molecule has 0 spiro atoms. The van der Waals surface area contributed by atoms with Gasteiger partial charge in [-0.3, -0.25) is 14.4 Å². The standard InChI is InChI=1S/C20H15FN2O3S2/c21-13-5-7-14(8-6-13)23-18(24)11-16(19(23)25)22(12-15-3-1-9-27-15)20(26)17-4-2-10-28-17/h1-10,16H,11-12H2. The van der Waals surface area contributed by atoms with Crippen molar-refractivity contribution < 1.29 is 18.8 Å². The summed E-state index contributed by atoms with van der Waals surface area (Å²) in [6.07, 6.45) is -0.0985. The Morgan fingerprint density at radius 1 is 1.07 bits per heavy atom. The topological polar surface area (TPSA) is 57.7 Å². The Morgan fingerprint density at radius 3 is 2.43 bits per heavy atom. The van der Waals surface area contributed by atoms with E-state index < -0.39 is 23.7 Å². The van der Waals surface area contributed by atoms with Gasteiger partial charge < -0.3 is 4.90 Å². The van der Waals surface area contributed by atoms with Gasteiger partial charge in [0, 0.05) is 4.88 Å². The van der Waals surface area contributed by atoms with Gasteiger partial charge in [-0.1, -0.05) is 12.1 Å². The van der Waals surface area contributed by atoms with Gasteiger partial charge in [-0.2, -0.15) is 0 Å². The first-order valence-electron chi connectivity index (χ1n) is 8.54. The van der Waals surface area contributed by atoms with Crippen LogP contribution in [0.25, 0.3) is 0 Å². The molecule has 3 amide bonds. The van der Waals surface area contributed by atoms with E-state index in [1.54, 1.807) is 17.5 Å². The van der Waals surface area contributed by atoms with E-state index in [1.807, 2.05) is 17.5 Å². The summed E-state index contributed by atoms with van der Waals surface area (Å²) in [4.78, 5) is 42.6. The average molecular weight is 414 g/mol. The van der Waals surface area contributed by atoms with Gasteiger partial charge in [-0.15, -0.1) is 22.7 Å². The molecule has 1 aromatic carbocycles. The van der Waals surface area contributed by atoms with Crippen LogP contribution in [0.1, 0.15) is 21.0 Å². The first kappa shape index (κ1) is 18.5. The molecule has 5 nitrogen and oxygen atoms in total. The van der Waals surface area contributed by atoms with E-state index in [2.05, 4.69) is 0 Å². The predicted octanol–water partition coefficient (Wildman–Crippen LogP) is 3.92. The largest absolute Gasteiger partial charge is 0.320 e. The van der Waals surface area contributed by atoms with Crippen LogP contribution >= 0.6 is 22.7 Å². The van der Waals surface area contributed by atoms with E-state index in [0.29, 0.717) is 10.6 Å². The van der Waals surface area contributed by atoms with Crippen LogP contribution in [0.4, 0.5) is 10.1 Å². The van der Waals surface area contributed by atoms with Crippen LogP contribution in [0.3, 0.4) is 0 Å². The van der Waals surface area contributed by atoms with Gasteiger partial charge in [-0.05, 0) is 47.2 Å². The number of thiophene rings is 2. The Kier molecular flexibility index (Phi) is 5.06. The Balaban J connectivity index is 1.66. The summed E-state index contributed by atoms with van der Waals surface area (Å²) >= 11 is 2.78. The van der Waals surface area contributed by atoms with Gasteiger partial charge in [0.15, 0.2) is 0 Å². The van der Waals surface area contributed by atoms with Crippen LogP contribution in [0, 0.1) is 5.82 Å². The molecule has 1 unspecified atom stereocenters. The summed E-state index contributed by atoms with van der Waals surface area (Å²) < 4.78 is 13.2. The molecule has 3 aromatic rings. The summed E-state index contributed by atoms with van der Waals surface area (Å²) in [5, 5.41) is 3.69. The molecule has 1 atom stereocenters. The maximum atomic E-state index is 13.2. The Morgan fingerprint density at radius 2 is 1.79 bits per heavy atom. The Hall–Kier alpha value is -2.84. The fourth-order valence-corrected chi connectivity index (χ4v) is 4.54. The van der Waals surface area contributed by atoms with Crippen LogP contribution in [0.2, 0.25) is 0 Å². The van der Waals surface area contributed by atoms with Crippen molar-refractivity contribution in [3.63, 3.8) is 0 Å². The highest BCUT2D eigenvalue weighted by molar-refractivity contribution is 7.12. The molecule has 0 aliphatic carbocycles. The number of hydrogen-bond donors (Lipinski definition) is 0. The molecule has 8 heteroatoms. The number of rotatable bonds is 5. The summed E-state index contributed by atoms with van der Waals surface area (Å²) in [6, 6.07) is 11.5. The third-order valence-electron chi connectivity index (χ3n) is 4.48. The van der Waals surface area contributed by atoms with E-state index in [4.69, 9.17) is 0 Å². The van der Waals surface area contributed by atoms with Gasteiger partial charge in [-0.25, -0.2) is 9.29 Å². The number of carbonyl (C=O) groups excluding carboxylic acids is 3. The van der Waals surface area contributed by atoms with Crippen LogP contribution in [-0.2, 0) is 16.1 Å². The van der Waals surface area contributed by atoms with Crippen molar-refractivity contribution in [1.29, 1.82) is 0 Å². The van der Waals surface area contributed by atoms with E-state index in [0.717, 1.165) is 9.78 Å². The number of anilines is 1. The van der Waals surface area contributed by atoms with Crippen molar-refractivity contribution >= 4 is 46.1 Å². The molecule has 0 bridgehead atoms. The second-order valence-electron chi connectivity index (χ2n) is 6.25. The lowest BCUT2D eigenvalue weighted by molar-refractivity contribution is -0.122. The van der Waals surface area contributed by atoms with E-state index in [1.165, 1.54) is 51.8 Å². The number of amides is 3. The molecule has 142 valence electrons. The van der Waals surface area contributed by atoms with Crippen LogP contribution in [0.15, 0.2) is 59.3 Å². The highest BCUT2D eigenvalue weighted by Gasteiger charge is 2.44. The third kappa shape index (κ3) is 3.48. The predicted molar refractivity (Wildman–Crippen MR) is 106 cm³/mol. The molecule has 2 aromatic heterocycles. The second kappa shape index (κ2) is 7.65. The molecule has 0 N–H and O–H groups in total. The van der Waals surface area contributed by atoms with E-state index in [-0.39, 0.29) is 18.9 Å². The molecular formula is C20H15FN2O3S2. The molecule has 1 saturated heterocycles. The number of hydrogen-bond acceptors (Lipinski definition) is 5. The highest BCUT2D eigenvalue weighted by Crippen LogP contribution is 2.29. The molecule has 1 fully saturated rings. The van der Waals surface area contributed by atoms with E-state index in [9.17, 15) is 18.8 Å². The van der Waals surface area contributed by atoms with Crippen molar-refractivity contribution in [1.82, 2.24) is 4.90 Å². The molecule has 0 radical (unpaired) electrons. The van der Waals surface area contributed by atoms with Gasteiger partial charge >= 0.3 is 0 Å². The number of halogens is 1. The number of nitrogens with zero attached hydrogens (tertiary/aromatic N) is 2. The SMILES string of the molecule is O=C1CC(N(Cc2cccs2)C(=O)c2cccs2)C(=O)N1c1ccc(F)cc1. The summed E-state index contributed by atoms with van der Waals surface area (Å²) in [7, 11) is 0.